The van der Waals surface area contributed by atoms with E-state index < -0.39 is 0 Å². The van der Waals surface area contributed by atoms with E-state index in [9.17, 15) is 4.39 Å². The predicted molar refractivity (Wildman–Crippen MR) is 77.8 cm³/mol. The van der Waals surface area contributed by atoms with Gasteiger partial charge in [-0.3, -0.25) is 0 Å². The zero-order chi connectivity index (χ0) is 13.8. The second-order valence-electron chi connectivity index (χ2n) is 4.10. The van der Waals surface area contributed by atoms with Crippen LogP contribution in [0.5, 0.6) is 0 Å². The van der Waals surface area contributed by atoms with E-state index in [2.05, 4.69) is 9.88 Å². The van der Waals surface area contributed by atoms with Crippen molar-refractivity contribution in [1.29, 1.82) is 0 Å². The molecule has 0 aliphatic heterocycles. The number of nitrogens with zero attached hydrogens (tertiary/aromatic N) is 1. The minimum Gasteiger partial charge on any atom is -0.354 e. The Labute approximate surface area is 119 Å². The number of hydrogen-bond donors (Lipinski definition) is 1. The third kappa shape index (κ3) is 3.00. The molecule has 1 heterocycles. The number of nitrogens with one attached hydrogen (secondary N) is 1. The molecule has 20 heavy (non-hydrogen) atoms. The van der Waals surface area contributed by atoms with Crippen molar-refractivity contribution >= 4 is 17.8 Å². The molecular formula is C15H11FN2OS. The average Bonchev–Trinajstić information content (AvgIpc) is 2.95. The molecule has 1 N–H and O–H groups in total. The number of rotatable bonds is 4. The third-order valence-corrected chi connectivity index (χ3v) is 3.44. The van der Waals surface area contributed by atoms with Gasteiger partial charge >= 0.3 is 0 Å². The molecule has 0 saturated heterocycles. The van der Waals surface area contributed by atoms with E-state index >= 15 is 0 Å². The van der Waals surface area contributed by atoms with Gasteiger partial charge in [-0.15, -0.1) is 0 Å². The van der Waals surface area contributed by atoms with Gasteiger partial charge in [0.25, 0.3) is 0 Å². The van der Waals surface area contributed by atoms with Crippen LogP contribution in [0, 0.1) is 5.82 Å². The van der Waals surface area contributed by atoms with Gasteiger partial charge in [0.15, 0.2) is 11.6 Å². The van der Waals surface area contributed by atoms with Gasteiger partial charge in [0.05, 0.1) is 0 Å². The summed E-state index contributed by atoms with van der Waals surface area (Å²) in [7, 11) is 0. The predicted octanol–water partition coefficient (Wildman–Crippen LogP) is 4.60. The molecule has 3 nitrogen and oxygen atoms in total. The summed E-state index contributed by atoms with van der Waals surface area (Å²) in [4.78, 5) is 0.772. The SMILES string of the molecule is Fc1cccc(SNc2cc(-c3ccccc3)on2)c1. The average molecular weight is 286 g/mol. The van der Waals surface area contributed by atoms with E-state index in [0.29, 0.717) is 11.6 Å². The molecule has 0 amide bonds. The lowest BCUT2D eigenvalue weighted by Gasteiger charge is -2.00. The van der Waals surface area contributed by atoms with Crippen LogP contribution in [0.2, 0.25) is 0 Å². The molecule has 2 aromatic carbocycles. The first-order valence-electron chi connectivity index (χ1n) is 6.02. The highest BCUT2D eigenvalue weighted by Crippen LogP contribution is 2.25. The van der Waals surface area contributed by atoms with Gasteiger partial charge in [-0.05, 0) is 30.1 Å². The molecule has 0 aliphatic carbocycles. The van der Waals surface area contributed by atoms with Gasteiger partial charge in [0, 0.05) is 16.5 Å². The first-order valence-corrected chi connectivity index (χ1v) is 6.83. The van der Waals surface area contributed by atoms with E-state index in [1.165, 1.54) is 24.1 Å². The zero-order valence-electron chi connectivity index (χ0n) is 10.4. The van der Waals surface area contributed by atoms with Crippen LogP contribution in [-0.4, -0.2) is 5.16 Å². The normalized spacial score (nSPS) is 10.4. The summed E-state index contributed by atoms with van der Waals surface area (Å²) in [6.07, 6.45) is 0. The number of hydrogen-bond acceptors (Lipinski definition) is 4. The van der Waals surface area contributed by atoms with Crippen LogP contribution in [0.1, 0.15) is 0 Å². The van der Waals surface area contributed by atoms with Crippen molar-refractivity contribution in [3.05, 3.63) is 66.5 Å². The summed E-state index contributed by atoms with van der Waals surface area (Å²) in [5.74, 6) is 1.02. The fourth-order valence-corrected chi connectivity index (χ4v) is 2.34. The minimum absolute atomic E-state index is 0.262. The van der Waals surface area contributed by atoms with Crippen LogP contribution in [0.15, 0.2) is 70.1 Å². The van der Waals surface area contributed by atoms with E-state index in [-0.39, 0.29) is 5.82 Å². The van der Waals surface area contributed by atoms with Gasteiger partial charge in [-0.25, -0.2) is 4.39 Å². The number of benzene rings is 2. The lowest BCUT2D eigenvalue weighted by Crippen LogP contribution is -1.86. The van der Waals surface area contributed by atoms with Crippen LogP contribution < -0.4 is 4.72 Å². The Balaban J connectivity index is 1.69. The Morgan fingerprint density at radius 2 is 1.85 bits per heavy atom. The standard InChI is InChI=1S/C15H11FN2OS/c16-12-7-4-8-13(9-12)20-18-15-10-14(19-17-15)11-5-2-1-3-6-11/h1-10H,(H,17,18). The second kappa shape index (κ2) is 5.79. The van der Waals surface area contributed by atoms with Crippen molar-refractivity contribution in [3.8, 4) is 11.3 Å². The first kappa shape index (κ1) is 12.7. The number of halogens is 1. The molecule has 0 bridgehead atoms. The number of aromatic nitrogens is 1. The van der Waals surface area contributed by atoms with Gasteiger partial charge in [0.1, 0.15) is 5.82 Å². The van der Waals surface area contributed by atoms with Gasteiger partial charge in [0.2, 0.25) is 0 Å². The smallest absolute Gasteiger partial charge is 0.180 e. The maximum Gasteiger partial charge on any atom is 0.180 e. The Morgan fingerprint density at radius 1 is 1.00 bits per heavy atom. The molecule has 0 fully saturated rings. The van der Waals surface area contributed by atoms with Crippen LogP contribution >= 0.6 is 11.9 Å². The quantitative estimate of drug-likeness (QED) is 0.711. The lowest BCUT2D eigenvalue weighted by molar-refractivity contribution is 0.436. The Bertz CT molecular complexity index is 700. The van der Waals surface area contributed by atoms with Gasteiger partial charge < -0.3 is 9.25 Å². The van der Waals surface area contributed by atoms with Crippen LogP contribution in [-0.2, 0) is 0 Å². The van der Waals surface area contributed by atoms with Crippen molar-refractivity contribution in [2.24, 2.45) is 0 Å². The molecule has 0 atom stereocenters. The van der Waals surface area contributed by atoms with E-state index in [4.69, 9.17) is 4.52 Å². The van der Waals surface area contributed by atoms with Crippen LogP contribution in [0.3, 0.4) is 0 Å². The fraction of sp³-hybridized carbons (Fsp3) is 0. The molecule has 1 aromatic heterocycles. The van der Waals surface area contributed by atoms with Gasteiger partial charge in [-0.2, -0.15) is 0 Å². The highest BCUT2D eigenvalue weighted by atomic mass is 32.2. The van der Waals surface area contributed by atoms with Gasteiger partial charge in [-0.1, -0.05) is 41.6 Å². The highest BCUT2D eigenvalue weighted by Gasteiger charge is 2.06. The van der Waals surface area contributed by atoms with Crippen molar-refractivity contribution in [2.75, 3.05) is 4.72 Å². The molecule has 100 valence electrons. The fourth-order valence-electron chi connectivity index (χ4n) is 1.70. The third-order valence-electron chi connectivity index (χ3n) is 2.64. The Morgan fingerprint density at radius 3 is 2.65 bits per heavy atom. The first-order chi connectivity index (χ1) is 9.81. The Kier molecular flexibility index (Phi) is 3.69. The van der Waals surface area contributed by atoms with E-state index in [1.54, 1.807) is 6.07 Å². The molecule has 0 saturated carbocycles. The summed E-state index contributed by atoms with van der Waals surface area (Å²) in [6.45, 7) is 0. The van der Waals surface area contributed by atoms with Crippen molar-refractivity contribution in [1.82, 2.24) is 5.16 Å². The summed E-state index contributed by atoms with van der Waals surface area (Å²) in [5.41, 5.74) is 0.962. The molecule has 3 rings (SSSR count). The molecule has 0 radical (unpaired) electrons. The van der Waals surface area contributed by atoms with Crippen LogP contribution in [0.25, 0.3) is 11.3 Å². The topological polar surface area (TPSA) is 38.1 Å². The molecule has 0 spiro atoms. The summed E-state index contributed by atoms with van der Waals surface area (Å²) in [6, 6.07) is 17.9. The Hall–Kier alpha value is -2.27. The molecule has 3 aromatic rings. The lowest BCUT2D eigenvalue weighted by atomic mass is 10.2. The number of anilines is 1. The maximum absolute atomic E-state index is 13.0. The zero-order valence-corrected chi connectivity index (χ0v) is 11.2. The van der Waals surface area contributed by atoms with E-state index in [0.717, 1.165) is 10.5 Å². The molecular weight excluding hydrogens is 275 g/mol. The molecule has 5 heteroatoms. The minimum atomic E-state index is -0.262. The van der Waals surface area contributed by atoms with Crippen LogP contribution in [0.4, 0.5) is 10.2 Å². The second-order valence-corrected chi connectivity index (χ2v) is 4.98. The summed E-state index contributed by atoms with van der Waals surface area (Å²) >= 11 is 1.28. The summed E-state index contributed by atoms with van der Waals surface area (Å²) < 4.78 is 21.3. The maximum atomic E-state index is 13.0. The van der Waals surface area contributed by atoms with E-state index in [1.807, 2.05) is 42.5 Å². The van der Waals surface area contributed by atoms with Crippen molar-refractivity contribution < 1.29 is 8.91 Å². The monoisotopic (exact) mass is 286 g/mol. The highest BCUT2D eigenvalue weighted by molar-refractivity contribution is 8.00. The summed E-state index contributed by atoms with van der Waals surface area (Å²) in [5, 5.41) is 3.93. The van der Waals surface area contributed by atoms with Crippen molar-refractivity contribution in [3.63, 3.8) is 0 Å². The molecule has 0 unspecified atom stereocenters. The van der Waals surface area contributed by atoms with Crippen molar-refractivity contribution in [2.45, 2.75) is 4.90 Å². The molecule has 0 aliphatic rings. The largest absolute Gasteiger partial charge is 0.354 e.